The monoisotopic (exact) mass is 513 g/mol. The van der Waals surface area contributed by atoms with Crippen molar-refractivity contribution < 1.29 is 34.1 Å². The summed E-state index contributed by atoms with van der Waals surface area (Å²) >= 11 is 0. The second kappa shape index (κ2) is 9.44. The molecule has 8 nitrogen and oxygen atoms in total. The standard InChI is InChI=1S/C29H39NO7/c1-16-11-18(37-24(34)14-19(26(35)36)30-22(31)15-23(32)33)12-17-13-21-28(4)9-6-8-27(2,3)20(28)7-10-29(21,5)25(16)17/h11-12,19-21H,6-10,13-15H2,1-5H3,(H,30,31)(H,32,33)(H,35,36)/t19?,20?,21-,28+,29?/m1/s1. The number of carbonyl (C=O) groups is 4. The third kappa shape index (κ3) is 4.87. The molecule has 3 N–H and O–H groups in total. The Kier molecular flexibility index (Phi) is 6.93. The number of ether oxygens (including phenoxy) is 1. The molecule has 4 rings (SSSR count). The van der Waals surface area contributed by atoms with Crippen LogP contribution in [-0.2, 0) is 31.0 Å². The van der Waals surface area contributed by atoms with Gasteiger partial charge in [0, 0.05) is 0 Å². The second-order valence-electron chi connectivity index (χ2n) is 12.6. The summed E-state index contributed by atoms with van der Waals surface area (Å²) in [6.45, 7) is 11.8. The van der Waals surface area contributed by atoms with Gasteiger partial charge in [-0.2, -0.15) is 0 Å². The Labute approximate surface area is 218 Å². The molecule has 1 aromatic carbocycles. The van der Waals surface area contributed by atoms with E-state index in [0.29, 0.717) is 23.0 Å². The van der Waals surface area contributed by atoms with E-state index in [4.69, 9.17) is 9.84 Å². The van der Waals surface area contributed by atoms with Crippen LogP contribution < -0.4 is 10.1 Å². The van der Waals surface area contributed by atoms with Crippen LogP contribution in [0.5, 0.6) is 5.75 Å². The highest BCUT2D eigenvalue weighted by atomic mass is 16.5. The number of esters is 1. The van der Waals surface area contributed by atoms with E-state index in [9.17, 15) is 24.3 Å². The smallest absolute Gasteiger partial charge is 0.326 e. The largest absolute Gasteiger partial charge is 0.481 e. The number of aliphatic carboxylic acids is 2. The minimum atomic E-state index is -1.57. The maximum Gasteiger partial charge on any atom is 0.326 e. The van der Waals surface area contributed by atoms with Gasteiger partial charge in [-0.05, 0) is 95.9 Å². The van der Waals surface area contributed by atoms with Crippen LogP contribution in [0.15, 0.2) is 12.1 Å². The van der Waals surface area contributed by atoms with Crippen LogP contribution in [0.25, 0.3) is 0 Å². The summed E-state index contributed by atoms with van der Waals surface area (Å²) < 4.78 is 5.55. The molecule has 3 unspecified atom stereocenters. The van der Waals surface area contributed by atoms with Gasteiger partial charge in [0.1, 0.15) is 18.2 Å². The summed E-state index contributed by atoms with van der Waals surface area (Å²) in [6.07, 6.45) is 5.58. The highest BCUT2D eigenvalue weighted by Gasteiger charge is 2.61. The third-order valence-electron chi connectivity index (χ3n) is 9.73. The number of amides is 1. The molecule has 37 heavy (non-hydrogen) atoms. The predicted molar refractivity (Wildman–Crippen MR) is 136 cm³/mol. The van der Waals surface area contributed by atoms with Gasteiger partial charge in [0.2, 0.25) is 5.91 Å². The Morgan fingerprint density at radius 2 is 1.76 bits per heavy atom. The summed E-state index contributed by atoms with van der Waals surface area (Å²) in [7, 11) is 0. The lowest BCUT2D eigenvalue weighted by molar-refractivity contribution is -0.147. The van der Waals surface area contributed by atoms with E-state index >= 15 is 0 Å². The number of fused-ring (bicyclic) bond motifs is 5. The molecule has 3 aliphatic carbocycles. The Hall–Kier alpha value is -2.90. The molecule has 2 fully saturated rings. The van der Waals surface area contributed by atoms with Crippen LogP contribution in [0.2, 0.25) is 0 Å². The van der Waals surface area contributed by atoms with Crippen molar-refractivity contribution in [2.24, 2.45) is 22.7 Å². The molecule has 1 amide bonds. The number of carboxylic acids is 2. The fourth-order valence-corrected chi connectivity index (χ4v) is 8.41. The van der Waals surface area contributed by atoms with Gasteiger partial charge in [0.25, 0.3) is 0 Å². The lowest BCUT2D eigenvalue weighted by atomic mass is 9.43. The number of hydrogen-bond donors (Lipinski definition) is 3. The normalized spacial score (nSPS) is 30.3. The van der Waals surface area contributed by atoms with Crippen molar-refractivity contribution in [1.29, 1.82) is 0 Å². The summed E-state index contributed by atoms with van der Waals surface area (Å²) in [5.74, 6) is -3.03. The Balaban J connectivity index is 1.53. The van der Waals surface area contributed by atoms with Gasteiger partial charge in [0.15, 0.2) is 0 Å². The van der Waals surface area contributed by atoms with Gasteiger partial charge >= 0.3 is 17.9 Å². The van der Waals surface area contributed by atoms with Gasteiger partial charge in [-0.3, -0.25) is 14.4 Å². The number of carbonyl (C=O) groups excluding carboxylic acids is 2. The summed E-state index contributed by atoms with van der Waals surface area (Å²) in [4.78, 5) is 46.5. The lowest BCUT2D eigenvalue weighted by Gasteiger charge is -2.61. The van der Waals surface area contributed by atoms with Crippen molar-refractivity contribution in [2.75, 3.05) is 0 Å². The number of benzene rings is 1. The SMILES string of the molecule is Cc1cc(OC(=O)CC(NC(=O)CC(=O)O)C(=O)O)cc2c1C1(C)CCC3C(C)(C)CCC[C@]3(C)[C@H]1C2. The number of aryl methyl sites for hydroxylation is 1. The minimum absolute atomic E-state index is 0.0729. The van der Waals surface area contributed by atoms with Gasteiger partial charge in [0.05, 0.1) is 6.42 Å². The van der Waals surface area contributed by atoms with Crippen molar-refractivity contribution in [1.82, 2.24) is 5.32 Å². The predicted octanol–water partition coefficient (Wildman–Crippen LogP) is 4.39. The van der Waals surface area contributed by atoms with Crippen molar-refractivity contribution in [2.45, 2.75) is 97.4 Å². The molecule has 0 saturated heterocycles. The molecule has 202 valence electrons. The quantitative estimate of drug-likeness (QED) is 0.280. The molecule has 1 aromatic rings. The average molecular weight is 514 g/mol. The van der Waals surface area contributed by atoms with Crippen LogP contribution in [-0.4, -0.2) is 40.1 Å². The summed E-state index contributed by atoms with van der Waals surface area (Å²) in [5, 5.41) is 20.2. The van der Waals surface area contributed by atoms with E-state index in [1.807, 2.05) is 12.1 Å². The van der Waals surface area contributed by atoms with Crippen LogP contribution in [0.4, 0.5) is 0 Å². The molecular weight excluding hydrogens is 474 g/mol. The zero-order valence-electron chi connectivity index (χ0n) is 22.5. The fraction of sp³-hybridized carbons (Fsp3) is 0.655. The number of carboxylic acid groups (broad SMARTS) is 2. The number of rotatable bonds is 7. The first-order chi connectivity index (χ1) is 17.2. The number of nitrogens with one attached hydrogen (secondary N) is 1. The zero-order valence-corrected chi connectivity index (χ0v) is 22.5. The first kappa shape index (κ1) is 27.1. The van der Waals surface area contributed by atoms with E-state index < -0.39 is 42.7 Å². The van der Waals surface area contributed by atoms with Gasteiger partial charge in [-0.15, -0.1) is 0 Å². The van der Waals surface area contributed by atoms with Crippen molar-refractivity contribution in [3.8, 4) is 5.75 Å². The van der Waals surface area contributed by atoms with Gasteiger partial charge in [-0.25, -0.2) is 4.79 Å². The zero-order chi connectivity index (χ0) is 27.3. The van der Waals surface area contributed by atoms with E-state index in [2.05, 4.69) is 39.9 Å². The molecule has 2 saturated carbocycles. The highest BCUT2D eigenvalue weighted by Crippen LogP contribution is 2.67. The summed E-state index contributed by atoms with van der Waals surface area (Å²) in [5.41, 5.74) is 4.30. The second-order valence-corrected chi connectivity index (χ2v) is 12.6. The molecule has 0 bridgehead atoms. The maximum atomic E-state index is 12.6. The van der Waals surface area contributed by atoms with Crippen molar-refractivity contribution >= 4 is 23.8 Å². The van der Waals surface area contributed by atoms with E-state index in [0.717, 1.165) is 18.4 Å². The Morgan fingerprint density at radius 3 is 2.41 bits per heavy atom. The molecule has 0 heterocycles. The molecule has 8 heteroatoms. The molecule has 0 aliphatic heterocycles. The first-order valence-corrected chi connectivity index (χ1v) is 13.3. The highest BCUT2D eigenvalue weighted by molar-refractivity contribution is 5.96. The van der Waals surface area contributed by atoms with E-state index in [1.54, 1.807) is 0 Å². The van der Waals surface area contributed by atoms with Crippen molar-refractivity contribution in [3.63, 3.8) is 0 Å². The van der Waals surface area contributed by atoms with Crippen LogP contribution >= 0.6 is 0 Å². The van der Waals surface area contributed by atoms with Gasteiger partial charge < -0.3 is 20.3 Å². The van der Waals surface area contributed by atoms with Crippen LogP contribution in [0.3, 0.4) is 0 Å². The Bertz CT molecular complexity index is 1140. The average Bonchev–Trinajstić information content (AvgIpc) is 3.06. The van der Waals surface area contributed by atoms with E-state index in [1.165, 1.54) is 36.8 Å². The van der Waals surface area contributed by atoms with Gasteiger partial charge in [-0.1, -0.05) is 34.1 Å². The molecule has 0 radical (unpaired) electrons. The topological polar surface area (TPSA) is 130 Å². The molecular formula is C29H39NO7. The molecule has 3 aliphatic rings. The van der Waals surface area contributed by atoms with E-state index in [-0.39, 0.29) is 10.8 Å². The minimum Gasteiger partial charge on any atom is -0.481 e. The summed E-state index contributed by atoms with van der Waals surface area (Å²) in [6, 6.07) is 2.21. The van der Waals surface area contributed by atoms with Crippen LogP contribution in [0.1, 0.15) is 89.3 Å². The Morgan fingerprint density at radius 1 is 1.05 bits per heavy atom. The van der Waals surface area contributed by atoms with Crippen LogP contribution in [0, 0.1) is 29.6 Å². The lowest BCUT2D eigenvalue weighted by Crippen LogP contribution is -2.55. The third-order valence-corrected chi connectivity index (χ3v) is 9.73. The molecule has 0 spiro atoms. The molecule has 5 atom stereocenters. The fourth-order valence-electron chi connectivity index (χ4n) is 8.41. The molecule has 0 aromatic heterocycles. The maximum absolute atomic E-state index is 12.6. The van der Waals surface area contributed by atoms with Crippen molar-refractivity contribution in [3.05, 3.63) is 28.8 Å². The first-order valence-electron chi connectivity index (χ1n) is 13.3. The number of hydrogen-bond acceptors (Lipinski definition) is 5.